The molecule has 0 spiro atoms. The standard InChI is InChI=1S/C12H13N3O2/c1-8-10(3-2-4-11(8)13)12(16)14-7-9-5-6-15-17-9/h2-6H,7,13H2,1H3,(H,14,16). The number of nitrogen functional groups attached to an aromatic ring is 1. The number of carbonyl (C=O) groups is 1. The van der Waals surface area contributed by atoms with Crippen molar-refractivity contribution in [2.75, 3.05) is 5.73 Å². The van der Waals surface area contributed by atoms with Crippen LogP contribution in [0.2, 0.25) is 0 Å². The van der Waals surface area contributed by atoms with Crippen LogP contribution in [-0.2, 0) is 6.54 Å². The van der Waals surface area contributed by atoms with E-state index in [1.165, 1.54) is 6.20 Å². The van der Waals surface area contributed by atoms with E-state index in [1.807, 2.05) is 6.92 Å². The first-order chi connectivity index (χ1) is 8.18. The summed E-state index contributed by atoms with van der Waals surface area (Å²) in [7, 11) is 0. The number of hydrogen-bond donors (Lipinski definition) is 2. The molecule has 0 atom stereocenters. The Morgan fingerprint density at radius 3 is 3.00 bits per heavy atom. The molecule has 0 aliphatic heterocycles. The molecular weight excluding hydrogens is 218 g/mol. The first-order valence-electron chi connectivity index (χ1n) is 5.21. The van der Waals surface area contributed by atoms with Gasteiger partial charge in [0.05, 0.1) is 12.7 Å². The Kier molecular flexibility index (Phi) is 3.09. The molecule has 0 saturated carbocycles. The molecule has 1 heterocycles. The average Bonchev–Trinajstić information content (AvgIpc) is 2.82. The molecule has 0 aliphatic carbocycles. The number of hydrogen-bond acceptors (Lipinski definition) is 4. The van der Waals surface area contributed by atoms with Gasteiger partial charge in [0.15, 0.2) is 5.76 Å². The van der Waals surface area contributed by atoms with E-state index in [1.54, 1.807) is 24.3 Å². The lowest BCUT2D eigenvalue weighted by Crippen LogP contribution is -2.23. The number of aromatic nitrogens is 1. The Hall–Kier alpha value is -2.30. The molecule has 5 heteroatoms. The largest absolute Gasteiger partial charge is 0.398 e. The quantitative estimate of drug-likeness (QED) is 0.784. The second-order valence-electron chi connectivity index (χ2n) is 3.68. The highest BCUT2D eigenvalue weighted by molar-refractivity contribution is 5.96. The van der Waals surface area contributed by atoms with Gasteiger partial charge in [-0.3, -0.25) is 4.79 Å². The molecule has 5 nitrogen and oxygen atoms in total. The lowest BCUT2D eigenvalue weighted by Gasteiger charge is -2.07. The van der Waals surface area contributed by atoms with E-state index in [2.05, 4.69) is 10.5 Å². The zero-order chi connectivity index (χ0) is 12.3. The van der Waals surface area contributed by atoms with Crippen molar-refractivity contribution >= 4 is 11.6 Å². The second-order valence-corrected chi connectivity index (χ2v) is 3.68. The van der Waals surface area contributed by atoms with Crippen LogP contribution in [0.15, 0.2) is 35.0 Å². The maximum absolute atomic E-state index is 11.9. The van der Waals surface area contributed by atoms with Crippen LogP contribution >= 0.6 is 0 Å². The van der Waals surface area contributed by atoms with E-state index >= 15 is 0 Å². The Morgan fingerprint density at radius 1 is 1.47 bits per heavy atom. The summed E-state index contributed by atoms with van der Waals surface area (Å²) in [5.74, 6) is 0.436. The van der Waals surface area contributed by atoms with Gasteiger partial charge in [0.2, 0.25) is 0 Å². The van der Waals surface area contributed by atoms with Gasteiger partial charge in [0.1, 0.15) is 0 Å². The first-order valence-corrected chi connectivity index (χ1v) is 5.21. The van der Waals surface area contributed by atoms with Crippen molar-refractivity contribution in [2.24, 2.45) is 0 Å². The highest BCUT2D eigenvalue weighted by atomic mass is 16.5. The zero-order valence-electron chi connectivity index (χ0n) is 9.43. The Morgan fingerprint density at radius 2 is 2.29 bits per heavy atom. The van der Waals surface area contributed by atoms with Crippen molar-refractivity contribution in [1.29, 1.82) is 0 Å². The molecule has 0 unspecified atom stereocenters. The lowest BCUT2D eigenvalue weighted by atomic mass is 10.1. The molecule has 3 N–H and O–H groups in total. The summed E-state index contributed by atoms with van der Waals surface area (Å²) in [5.41, 5.74) is 7.70. The fraction of sp³-hybridized carbons (Fsp3) is 0.167. The summed E-state index contributed by atoms with van der Waals surface area (Å²) in [6.07, 6.45) is 1.53. The molecule has 0 aliphatic rings. The molecule has 17 heavy (non-hydrogen) atoms. The van der Waals surface area contributed by atoms with Gasteiger partial charge in [-0.1, -0.05) is 11.2 Å². The van der Waals surface area contributed by atoms with Crippen LogP contribution in [0.4, 0.5) is 5.69 Å². The minimum Gasteiger partial charge on any atom is -0.398 e. The summed E-state index contributed by atoms with van der Waals surface area (Å²) in [6.45, 7) is 2.13. The second kappa shape index (κ2) is 4.69. The molecule has 1 aromatic carbocycles. The van der Waals surface area contributed by atoms with Crippen LogP contribution in [-0.4, -0.2) is 11.1 Å². The van der Waals surface area contributed by atoms with Crippen LogP contribution in [0.5, 0.6) is 0 Å². The molecule has 0 radical (unpaired) electrons. The third kappa shape index (κ3) is 2.44. The predicted molar refractivity (Wildman–Crippen MR) is 63.3 cm³/mol. The number of amides is 1. The van der Waals surface area contributed by atoms with E-state index < -0.39 is 0 Å². The van der Waals surface area contributed by atoms with Gasteiger partial charge < -0.3 is 15.6 Å². The topological polar surface area (TPSA) is 81.2 Å². The van der Waals surface area contributed by atoms with Gasteiger partial charge in [0.25, 0.3) is 5.91 Å². The summed E-state index contributed by atoms with van der Waals surface area (Å²) >= 11 is 0. The fourth-order valence-electron chi connectivity index (χ4n) is 1.50. The third-order valence-corrected chi connectivity index (χ3v) is 2.53. The minimum absolute atomic E-state index is 0.175. The van der Waals surface area contributed by atoms with Crippen molar-refractivity contribution in [3.05, 3.63) is 47.3 Å². The molecular formula is C12H13N3O2. The number of rotatable bonds is 3. The number of benzene rings is 1. The van der Waals surface area contributed by atoms with Gasteiger partial charge >= 0.3 is 0 Å². The van der Waals surface area contributed by atoms with E-state index in [-0.39, 0.29) is 5.91 Å². The smallest absolute Gasteiger partial charge is 0.252 e. The molecule has 1 aromatic heterocycles. The highest BCUT2D eigenvalue weighted by Gasteiger charge is 2.10. The van der Waals surface area contributed by atoms with E-state index in [9.17, 15) is 4.79 Å². The van der Waals surface area contributed by atoms with E-state index in [0.29, 0.717) is 23.6 Å². The summed E-state index contributed by atoms with van der Waals surface area (Å²) in [6, 6.07) is 6.96. The van der Waals surface area contributed by atoms with Gasteiger partial charge in [-0.05, 0) is 24.6 Å². The third-order valence-electron chi connectivity index (χ3n) is 2.53. The van der Waals surface area contributed by atoms with Crippen molar-refractivity contribution in [2.45, 2.75) is 13.5 Å². The van der Waals surface area contributed by atoms with Crippen LogP contribution in [0.25, 0.3) is 0 Å². The lowest BCUT2D eigenvalue weighted by molar-refractivity contribution is 0.0946. The molecule has 2 rings (SSSR count). The van der Waals surface area contributed by atoms with Crippen molar-refractivity contribution in [3.63, 3.8) is 0 Å². The molecule has 2 aromatic rings. The van der Waals surface area contributed by atoms with Crippen molar-refractivity contribution in [3.8, 4) is 0 Å². The number of nitrogens with one attached hydrogen (secondary N) is 1. The maximum Gasteiger partial charge on any atom is 0.252 e. The van der Waals surface area contributed by atoms with E-state index in [4.69, 9.17) is 10.3 Å². The maximum atomic E-state index is 11.9. The molecule has 0 bridgehead atoms. The minimum atomic E-state index is -0.175. The van der Waals surface area contributed by atoms with Gasteiger partial charge in [0, 0.05) is 17.3 Å². The number of nitrogens with two attached hydrogens (primary N) is 1. The van der Waals surface area contributed by atoms with E-state index in [0.717, 1.165) is 5.56 Å². The number of carbonyl (C=O) groups excluding carboxylic acids is 1. The van der Waals surface area contributed by atoms with Gasteiger partial charge in [-0.25, -0.2) is 0 Å². The van der Waals surface area contributed by atoms with Gasteiger partial charge in [-0.15, -0.1) is 0 Å². The Labute approximate surface area is 98.6 Å². The summed E-state index contributed by atoms with van der Waals surface area (Å²) in [4.78, 5) is 11.9. The van der Waals surface area contributed by atoms with Crippen LogP contribution in [0.3, 0.4) is 0 Å². The predicted octanol–water partition coefficient (Wildman–Crippen LogP) is 1.50. The summed E-state index contributed by atoms with van der Waals surface area (Å²) < 4.78 is 4.88. The average molecular weight is 231 g/mol. The molecule has 0 fully saturated rings. The number of anilines is 1. The summed E-state index contributed by atoms with van der Waals surface area (Å²) in [5, 5.41) is 6.30. The first kappa shape index (κ1) is 11.2. The van der Waals surface area contributed by atoms with Crippen LogP contribution < -0.4 is 11.1 Å². The Bertz CT molecular complexity index is 521. The van der Waals surface area contributed by atoms with Crippen molar-refractivity contribution in [1.82, 2.24) is 10.5 Å². The highest BCUT2D eigenvalue weighted by Crippen LogP contribution is 2.15. The number of nitrogens with zero attached hydrogens (tertiary/aromatic N) is 1. The molecule has 0 saturated heterocycles. The normalized spacial score (nSPS) is 10.2. The zero-order valence-corrected chi connectivity index (χ0v) is 9.43. The monoisotopic (exact) mass is 231 g/mol. The molecule has 1 amide bonds. The van der Waals surface area contributed by atoms with Crippen LogP contribution in [0, 0.1) is 6.92 Å². The van der Waals surface area contributed by atoms with Crippen LogP contribution in [0.1, 0.15) is 21.7 Å². The molecule has 88 valence electrons. The van der Waals surface area contributed by atoms with Gasteiger partial charge in [-0.2, -0.15) is 0 Å². The van der Waals surface area contributed by atoms with Crippen molar-refractivity contribution < 1.29 is 9.32 Å². The Balaban J connectivity index is 2.07. The fourth-order valence-corrected chi connectivity index (χ4v) is 1.50. The SMILES string of the molecule is Cc1c(N)cccc1C(=O)NCc1ccno1.